The third-order valence-corrected chi connectivity index (χ3v) is 3.49. The molecular formula is C9H9N5OS. The van der Waals surface area contributed by atoms with Crippen LogP contribution in [-0.2, 0) is 0 Å². The molecule has 2 heterocycles. The molecule has 1 fully saturated rings. The van der Waals surface area contributed by atoms with Crippen LogP contribution in [-0.4, -0.2) is 26.3 Å². The summed E-state index contributed by atoms with van der Waals surface area (Å²) >= 11 is 1.45. The molecule has 1 aliphatic rings. The number of amides is 1. The Hall–Kier alpha value is -1.76. The molecule has 82 valence electrons. The van der Waals surface area contributed by atoms with E-state index in [-0.39, 0.29) is 5.91 Å². The predicted molar refractivity (Wildman–Crippen MR) is 58.4 cm³/mol. The van der Waals surface area contributed by atoms with E-state index in [1.807, 2.05) is 0 Å². The van der Waals surface area contributed by atoms with E-state index in [1.54, 1.807) is 6.20 Å². The molecule has 0 aromatic carbocycles. The highest BCUT2D eigenvalue weighted by atomic mass is 32.1. The van der Waals surface area contributed by atoms with Crippen LogP contribution in [0.3, 0.4) is 0 Å². The van der Waals surface area contributed by atoms with E-state index in [0.29, 0.717) is 16.6 Å². The van der Waals surface area contributed by atoms with Gasteiger partial charge in [-0.05, 0) is 12.8 Å². The van der Waals surface area contributed by atoms with Crippen LogP contribution < -0.4 is 5.32 Å². The summed E-state index contributed by atoms with van der Waals surface area (Å²) in [6, 6.07) is 0. The molecule has 0 unspecified atom stereocenters. The van der Waals surface area contributed by atoms with Crippen molar-refractivity contribution >= 4 is 23.1 Å². The topological polar surface area (TPSA) is 83.6 Å². The van der Waals surface area contributed by atoms with E-state index in [1.165, 1.54) is 30.4 Å². The van der Waals surface area contributed by atoms with E-state index in [0.717, 1.165) is 5.01 Å². The second-order valence-electron chi connectivity index (χ2n) is 3.65. The van der Waals surface area contributed by atoms with E-state index < -0.39 is 0 Å². The first-order chi connectivity index (χ1) is 7.83. The maximum absolute atomic E-state index is 11.7. The molecule has 1 amide bonds. The molecule has 2 aromatic heterocycles. The molecule has 2 N–H and O–H groups in total. The van der Waals surface area contributed by atoms with Crippen molar-refractivity contribution in [2.75, 3.05) is 5.32 Å². The normalized spacial score (nSPS) is 15.0. The number of hydrogen-bond acceptors (Lipinski definition) is 5. The maximum atomic E-state index is 11.7. The number of hydrogen-bond donors (Lipinski definition) is 2. The van der Waals surface area contributed by atoms with Gasteiger partial charge in [0.15, 0.2) is 5.82 Å². The van der Waals surface area contributed by atoms with Crippen molar-refractivity contribution in [2.24, 2.45) is 0 Å². The monoisotopic (exact) mass is 235 g/mol. The van der Waals surface area contributed by atoms with Gasteiger partial charge in [-0.15, -0.1) is 16.4 Å². The van der Waals surface area contributed by atoms with E-state index in [9.17, 15) is 4.79 Å². The minimum absolute atomic E-state index is 0.182. The molecule has 1 saturated carbocycles. The van der Waals surface area contributed by atoms with Gasteiger partial charge in [-0.25, -0.2) is 4.98 Å². The lowest BCUT2D eigenvalue weighted by atomic mass is 10.4. The smallest absolute Gasteiger partial charge is 0.268 e. The van der Waals surface area contributed by atoms with E-state index >= 15 is 0 Å². The Morgan fingerprint density at radius 1 is 1.50 bits per heavy atom. The van der Waals surface area contributed by atoms with Crippen molar-refractivity contribution in [1.82, 2.24) is 20.4 Å². The lowest BCUT2D eigenvalue weighted by Gasteiger charge is -1.95. The Morgan fingerprint density at radius 2 is 2.38 bits per heavy atom. The number of carbonyl (C=O) groups excluding carboxylic acids is 1. The van der Waals surface area contributed by atoms with Crippen molar-refractivity contribution in [3.63, 3.8) is 0 Å². The molecule has 3 rings (SSSR count). The fraction of sp³-hybridized carbons (Fsp3) is 0.333. The van der Waals surface area contributed by atoms with Gasteiger partial charge in [0.05, 0.1) is 17.4 Å². The van der Waals surface area contributed by atoms with Crippen molar-refractivity contribution in [1.29, 1.82) is 0 Å². The van der Waals surface area contributed by atoms with Gasteiger partial charge in [-0.2, -0.15) is 10.3 Å². The van der Waals surface area contributed by atoms with Gasteiger partial charge in [0, 0.05) is 5.92 Å². The number of thiazole rings is 1. The van der Waals surface area contributed by atoms with Crippen molar-refractivity contribution in [3.8, 4) is 0 Å². The molecule has 0 bridgehead atoms. The average molecular weight is 235 g/mol. The summed E-state index contributed by atoms with van der Waals surface area (Å²) in [5.41, 5.74) is 0. The SMILES string of the molecule is O=C(Nc1cn[nH]n1)c1cnc(C2CC2)s1. The quantitative estimate of drug-likeness (QED) is 0.842. The first-order valence-corrected chi connectivity index (χ1v) is 5.77. The van der Waals surface area contributed by atoms with Crippen molar-refractivity contribution in [3.05, 3.63) is 22.3 Å². The zero-order valence-electron chi connectivity index (χ0n) is 8.30. The Labute approximate surface area is 95.1 Å². The number of carbonyl (C=O) groups is 1. The number of anilines is 1. The summed E-state index contributed by atoms with van der Waals surface area (Å²) in [5.74, 6) is 0.822. The van der Waals surface area contributed by atoms with Gasteiger partial charge in [0.2, 0.25) is 0 Å². The average Bonchev–Trinajstić information content (AvgIpc) is 2.82. The third kappa shape index (κ3) is 1.81. The lowest BCUT2D eigenvalue weighted by Crippen LogP contribution is -2.10. The van der Waals surface area contributed by atoms with Crippen molar-refractivity contribution in [2.45, 2.75) is 18.8 Å². The minimum atomic E-state index is -0.182. The number of nitrogens with zero attached hydrogens (tertiary/aromatic N) is 3. The number of aromatic nitrogens is 4. The fourth-order valence-corrected chi connectivity index (χ4v) is 2.33. The second-order valence-corrected chi connectivity index (χ2v) is 4.71. The molecule has 0 saturated heterocycles. The summed E-state index contributed by atoms with van der Waals surface area (Å²) in [5, 5.41) is 13.5. The van der Waals surface area contributed by atoms with Crippen LogP contribution in [0, 0.1) is 0 Å². The van der Waals surface area contributed by atoms with Gasteiger partial charge in [-0.1, -0.05) is 0 Å². The molecule has 16 heavy (non-hydrogen) atoms. The van der Waals surface area contributed by atoms with E-state index in [4.69, 9.17) is 0 Å². The highest BCUT2D eigenvalue weighted by molar-refractivity contribution is 7.13. The Bertz CT molecular complexity index is 502. The van der Waals surface area contributed by atoms with Crippen LogP contribution in [0.2, 0.25) is 0 Å². The molecule has 0 spiro atoms. The standard InChI is InChI=1S/C9H9N5OS/c15-8(12-7-4-11-14-13-7)6-3-10-9(16-6)5-1-2-5/h3-5H,1-2H2,(H2,11,12,13,14,15). The highest BCUT2D eigenvalue weighted by Gasteiger charge is 2.27. The summed E-state index contributed by atoms with van der Waals surface area (Å²) < 4.78 is 0. The second kappa shape index (κ2) is 3.67. The lowest BCUT2D eigenvalue weighted by molar-refractivity contribution is 0.103. The number of H-pyrrole nitrogens is 1. The zero-order chi connectivity index (χ0) is 11.0. The van der Waals surface area contributed by atoms with Crippen LogP contribution in [0.1, 0.15) is 33.4 Å². The number of nitrogens with one attached hydrogen (secondary N) is 2. The molecule has 7 heteroatoms. The molecule has 2 aromatic rings. The third-order valence-electron chi connectivity index (χ3n) is 2.33. The summed E-state index contributed by atoms with van der Waals surface area (Å²) in [6.07, 6.45) is 5.46. The number of rotatable bonds is 3. The van der Waals surface area contributed by atoms with Crippen LogP contribution >= 0.6 is 11.3 Å². The van der Waals surface area contributed by atoms with Gasteiger partial charge in [0.1, 0.15) is 4.88 Å². The van der Waals surface area contributed by atoms with Crippen LogP contribution in [0.15, 0.2) is 12.4 Å². The van der Waals surface area contributed by atoms with Crippen molar-refractivity contribution < 1.29 is 4.79 Å². The first kappa shape index (κ1) is 9.46. The zero-order valence-corrected chi connectivity index (χ0v) is 9.12. The first-order valence-electron chi connectivity index (χ1n) is 4.96. The largest absolute Gasteiger partial charge is 0.303 e. The van der Waals surface area contributed by atoms with Crippen LogP contribution in [0.5, 0.6) is 0 Å². The molecule has 0 aliphatic heterocycles. The molecule has 0 radical (unpaired) electrons. The molecular weight excluding hydrogens is 226 g/mol. The Kier molecular flexibility index (Phi) is 2.17. The molecule has 0 atom stereocenters. The Balaban J connectivity index is 1.73. The fourth-order valence-electron chi connectivity index (χ4n) is 1.35. The summed E-state index contributed by atoms with van der Waals surface area (Å²) in [7, 11) is 0. The maximum Gasteiger partial charge on any atom is 0.268 e. The summed E-state index contributed by atoms with van der Waals surface area (Å²) in [4.78, 5) is 16.6. The van der Waals surface area contributed by atoms with Gasteiger partial charge < -0.3 is 5.32 Å². The predicted octanol–water partition coefficient (Wildman–Crippen LogP) is 1.39. The minimum Gasteiger partial charge on any atom is -0.303 e. The van der Waals surface area contributed by atoms with Crippen LogP contribution in [0.4, 0.5) is 5.82 Å². The summed E-state index contributed by atoms with van der Waals surface area (Å²) in [6.45, 7) is 0. The molecule has 6 nitrogen and oxygen atoms in total. The van der Waals surface area contributed by atoms with Gasteiger partial charge >= 0.3 is 0 Å². The van der Waals surface area contributed by atoms with Gasteiger partial charge in [0.25, 0.3) is 5.91 Å². The molecule has 1 aliphatic carbocycles. The highest BCUT2D eigenvalue weighted by Crippen LogP contribution is 2.41. The Morgan fingerprint density at radius 3 is 3.06 bits per heavy atom. The van der Waals surface area contributed by atoms with Crippen LogP contribution in [0.25, 0.3) is 0 Å². The van der Waals surface area contributed by atoms with E-state index in [2.05, 4.69) is 25.7 Å². The van der Waals surface area contributed by atoms with Gasteiger partial charge in [-0.3, -0.25) is 4.79 Å². The number of aromatic amines is 1.